The van der Waals surface area contributed by atoms with Crippen molar-refractivity contribution >= 4 is 95.6 Å². The Morgan fingerprint density at radius 3 is 1.32 bits per heavy atom. The first kappa shape index (κ1) is 30.7. The summed E-state index contributed by atoms with van der Waals surface area (Å²) in [7, 11) is 0. The molecule has 0 aliphatic carbocycles. The topological polar surface area (TPSA) is 25.8 Å². The Hall–Kier alpha value is -5.94. The average molecular weight is 713 g/mol. The first-order chi connectivity index (χ1) is 26.1. The molecular weight excluding hydrogens is 681 g/mol. The van der Waals surface area contributed by atoms with E-state index < -0.39 is 0 Å². The van der Waals surface area contributed by atoms with E-state index in [1.807, 2.05) is 22.7 Å². The van der Waals surface area contributed by atoms with E-state index in [9.17, 15) is 0 Å². The lowest BCUT2D eigenvalue weighted by molar-refractivity contribution is 0.826. The Kier molecular flexibility index (Phi) is 6.82. The summed E-state index contributed by atoms with van der Waals surface area (Å²) in [6.45, 7) is 4.48. The molecule has 3 heterocycles. The van der Waals surface area contributed by atoms with E-state index in [0.29, 0.717) is 0 Å². The largest absolute Gasteiger partial charge is 0.248 e. The van der Waals surface area contributed by atoms with Crippen molar-refractivity contribution in [1.82, 2.24) is 9.97 Å². The third kappa shape index (κ3) is 4.69. The summed E-state index contributed by atoms with van der Waals surface area (Å²) >= 11 is 3.76. The maximum absolute atomic E-state index is 5.65. The van der Waals surface area contributed by atoms with E-state index in [1.54, 1.807) is 0 Å². The van der Waals surface area contributed by atoms with Crippen LogP contribution in [0.2, 0.25) is 0 Å². The lowest BCUT2D eigenvalue weighted by atomic mass is 9.91. The van der Waals surface area contributed by atoms with Gasteiger partial charge in [0, 0.05) is 56.7 Å². The zero-order chi connectivity index (χ0) is 35.2. The Morgan fingerprint density at radius 2 is 0.811 bits per heavy atom. The van der Waals surface area contributed by atoms with Crippen LogP contribution >= 0.6 is 22.7 Å². The molecule has 11 rings (SSSR count). The van der Waals surface area contributed by atoms with Gasteiger partial charge in [0.05, 0.1) is 22.4 Å². The summed E-state index contributed by atoms with van der Waals surface area (Å²) in [4.78, 5) is 11.2. The fourth-order valence-electron chi connectivity index (χ4n) is 8.31. The van der Waals surface area contributed by atoms with Crippen molar-refractivity contribution in [2.45, 2.75) is 19.8 Å². The van der Waals surface area contributed by atoms with Crippen molar-refractivity contribution in [2.75, 3.05) is 0 Å². The second kappa shape index (κ2) is 11.8. The van der Waals surface area contributed by atoms with Gasteiger partial charge in [0.25, 0.3) is 0 Å². The van der Waals surface area contributed by atoms with Gasteiger partial charge in [0.1, 0.15) is 0 Å². The molecule has 0 spiro atoms. The van der Waals surface area contributed by atoms with Crippen molar-refractivity contribution in [3.05, 3.63) is 157 Å². The monoisotopic (exact) mass is 712 g/mol. The summed E-state index contributed by atoms with van der Waals surface area (Å²) in [5.41, 5.74) is 9.82. The predicted molar refractivity (Wildman–Crippen MR) is 231 cm³/mol. The highest BCUT2D eigenvalue weighted by atomic mass is 32.1. The van der Waals surface area contributed by atoms with Crippen molar-refractivity contribution < 1.29 is 0 Å². The molecule has 8 aromatic carbocycles. The number of benzene rings is 8. The van der Waals surface area contributed by atoms with Gasteiger partial charge in [-0.3, -0.25) is 0 Å². The molecule has 0 aliphatic rings. The second-order valence-electron chi connectivity index (χ2n) is 14.3. The van der Waals surface area contributed by atoms with E-state index >= 15 is 0 Å². The predicted octanol–water partition coefficient (Wildman–Crippen LogP) is 14.8. The van der Waals surface area contributed by atoms with E-state index in [4.69, 9.17) is 9.97 Å². The third-order valence-electron chi connectivity index (χ3n) is 10.8. The molecule has 0 N–H and O–H groups in total. The van der Waals surface area contributed by atoms with Crippen molar-refractivity contribution in [1.29, 1.82) is 0 Å². The number of thiophene rings is 2. The van der Waals surface area contributed by atoms with E-state index in [2.05, 4.69) is 166 Å². The van der Waals surface area contributed by atoms with Crippen LogP contribution in [0.5, 0.6) is 0 Å². The Bertz CT molecular complexity index is 3140. The number of nitrogens with zero attached hydrogens (tertiary/aromatic N) is 2. The first-order valence-electron chi connectivity index (χ1n) is 18.2. The zero-order valence-electron chi connectivity index (χ0n) is 29.2. The van der Waals surface area contributed by atoms with Gasteiger partial charge in [-0.05, 0) is 69.3 Å². The SMILES string of the molecule is CC(C)c1nc2c3ccccc3c3ccccc3c2nc1-c1cc(-c2cccc3c2sc2ccccc23)cc(-c2cccc3c2sc2ccccc23)c1. The highest BCUT2D eigenvalue weighted by molar-refractivity contribution is 7.26. The fourth-order valence-corrected chi connectivity index (χ4v) is 10.8. The first-order valence-corrected chi connectivity index (χ1v) is 19.8. The maximum atomic E-state index is 5.65. The van der Waals surface area contributed by atoms with Crippen molar-refractivity contribution in [3.63, 3.8) is 0 Å². The van der Waals surface area contributed by atoms with Crippen LogP contribution in [0.1, 0.15) is 25.5 Å². The average Bonchev–Trinajstić information content (AvgIpc) is 3.79. The molecule has 53 heavy (non-hydrogen) atoms. The lowest BCUT2D eigenvalue weighted by Crippen LogP contribution is -2.02. The van der Waals surface area contributed by atoms with Crippen LogP contribution in [0.3, 0.4) is 0 Å². The summed E-state index contributed by atoms with van der Waals surface area (Å²) in [6.07, 6.45) is 0. The molecule has 0 aliphatic heterocycles. The van der Waals surface area contributed by atoms with Crippen LogP contribution in [0, 0.1) is 0 Å². The highest BCUT2D eigenvalue weighted by Gasteiger charge is 2.21. The van der Waals surface area contributed by atoms with Crippen LogP contribution < -0.4 is 0 Å². The van der Waals surface area contributed by atoms with Crippen LogP contribution in [0.4, 0.5) is 0 Å². The number of rotatable bonds is 4. The minimum atomic E-state index is 0.163. The van der Waals surface area contributed by atoms with Gasteiger partial charge in [-0.25, -0.2) is 9.97 Å². The number of hydrogen-bond acceptors (Lipinski definition) is 4. The fraction of sp³-hybridized carbons (Fsp3) is 0.0612. The molecule has 0 unspecified atom stereocenters. The molecule has 0 saturated carbocycles. The van der Waals surface area contributed by atoms with E-state index in [1.165, 1.54) is 73.4 Å². The molecule has 0 amide bonds. The number of aromatic nitrogens is 2. The Morgan fingerprint density at radius 1 is 0.396 bits per heavy atom. The summed E-state index contributed by atoms with van der Waals surface area (Å²) in [5.74, 6) is 0.163. The van der Waals surface area contributed by atoms with E-state index in [0.717, 1.165) is 38.8 Å². The summed E-state index contributed by atoms with van der Waals surface area (Å²) < 4.78 is 5.23. The summed E-state index contributed by atoms with van der Waals surface area (Å²) in [6, 6.07) is 55.5. The van der Waals surface area contributed by atoms with Crippen LogP contribution in [-0.2, 0) is 0 Å². The molecule has 0 bridgehead atoms. The standard InChI is InChI=1S/C49H32N2S2/c1-28(2)44-45(51-47-39-18-6-4-14-35(39)34-13-3-5-17-38(34)46(47)50-44)31-26-29(32-19-11-21-40-36-15-7-9-23-42(36)52-48(32)40)25-30(27-31)33-20-12-22-41-37-16-8-10-24-43(37)53-49(33)41/h3-28H,1-2H3. The van der Waals surface area contributed by atoms with Gasteiger partial charge < -0.3 is 0 Å². The molecule has 3 aromatic heterocycles. The summed E-state index contributed by atoms with van der Waals surface area (Å²) in [5, 5.41) is 9.91. The smallest absolute Gasteiger partial charge is 0.0979 e. The van der Waals surface area contributed by atoms with E-state index in [-0.39, 0.29) is 5.92 Å². The van der Waals surface area contributed by atoms with Gasteiger partial charge in [0.15, 0.2) is 0 Å². The normalized spacial score (nSPS) is 12.1. The molecule has 11 aromatic rings. The maximum Gasteiger partial charge on any atom is 0.0979 e. The Balaban J connectivity index is 1.25. The molecule has 4 heteroatoms. The van der Waals surface area contributed by atoms with Gasteiger partial charge in [-0.2, -0.15) is 0 Å². The van der Waals surface area contributed by atoms with Crippen LogP contribution in [0.15, 0.2) is 152 Å². The Labute approximate surface area is 314 Å². The molecule has 0 atom stereocenters. The van der Waals surface area contributed by atoms with Gasteiger partial charge in [0.2, 0.25) is 0 Å². The van der Waals surface area contributed by atoms with Crippen LogP contribution in [-0.4, -0.2) is 9.97 Å². The number of hydrogen-bond donors (Lipinski definition) is 0. The molecule has 2 nitrogen and oxygen atoms in total. The van der Waals surface area contributed by atoms with Gasteiger partial charge >= 0.3 is 0 Å². The molecular formula is C49H32N2S2. The highest BCUT2D eigenvalue weighted by Crippen LogP contribution is 2.46. The van der Waals surface area contributed by atoms with Crippen molar-refractivity contribution in [3.8, 4) is 33.5 Å². The second-order valence-corrected chi connectivity index (χ2v) is 16.4. The molecule has 250 valence electrons. The minimum Gasteiger partial charge on any atom is -0.248 e. The molecule has 0 radical (unpaired) electrons. The van der Waals surface area contributed by atoms with Gasteiger partial charge in [-0.15, -0.1) is 22.7 Å². The van der Waals surface area contributed by atoms with Crippen LogP contribution in [0.25, 0.3) is 106 Å². The van der Waals surface area contributed by atoms with Crippen molar-refractivity contribution in [2.24, 2.45) is 0 Å². The van der Waals surface area contributed by atoms with Gasteiger partial charge in [-0.1, -0.05) is 135 Å². The molecule has 0 fully saturated rings. The zero-order valence-corrected chi connectivity index (χ0v) is 30.9. The molecule has 0 saturated heterocycles. The quantitative estimate of drug-likeness (QED) is 0.170. The third-order valence-corrected chi connectivity index (χ3v) is 13.2. The minimum absolute atomic E-state index is 0.163. The number of fused-ring (bicyclic) bond motifs is 12. The lowest BCUT2D eigenvalue weighted by Gasteiger charge is -2.18.